The van der Waals surface area contributed by atoms with Gasteiger partial charge in [0.25, 0.3) is 0 Å². The fourth-order valence-corrected chi connectivity index (χ4v) is 7.13. The monoisotopic (exact) mass is 564 g/mol. The van der Waals surface area contributed by atoms with Gasteiger partial charge in [-0.05, 0) is 11.6 Å². The molecular weight excluding hydrogens is 552 g/mol. The highest BCUT2D eigenvalue weighted by Gasteiger charge is 2.85. The normalized spacial score (nSPS) is 32.1. The van der Waals surface area contributed by atoms with Crippen LogP contribution in [0.25, 0.3) is 11.0 Å². The molecule has 0 amide bonds. The van der Waals surface area contributed by atoms with E-state index in [0.717, 1.165) is 10.8 Å². The van der Waals surface area contributed by atoms with E-state index in [-0.39, 0.29) is 22.1 Å². The molecule has 6 atom stereocenters. The highest BCUT2D eigenvalue weighted by atomic mass is 35.5. The molecule has 1 aliphatic carbocycles. The van der Waals surface area contributed by atoms with Crippen LogP contribution in [-0.2, 0) is 31.6 Å². The zero-order chi connectivity index (χ0) is 25.5. The summed E-state index contributed by atoms with van der Waals surface area (Å²) in [6.45, 7) is 0. The molecule has 2 aromatic rings. The van der Waals surface area contributed by atoms with Crippen molar-refractivity contribution in [3.8, 4) is 12.3 Å². The van der Waals surface area contributed by atoms with Gasteiger partial charge in [-0.2, -0.15) is 13.6 Å². The van der Waals surface area contributed by atoms with E-state index in [2.05, 4.69) is 23.1 Å². The number of hydrogen-bond acceptors (Lipinski definition) is 11. The van der Waals surface area contributed by atoms with Gasteiger partial charge in [-0.25, -0.2) is 23.1 Å². The first-order valence-electron chi connectivity index (χ1n) is 8.63. The molecule has 2 aliphatic rings. The Labute approximate surface area is 192 Å². The maximum Gasteiger partial charge on any atom is 0.490 e. The summed E-state index contributed by atoms with van der Waals surface area (Å²) in [6, 6.07) is 0. The maximum atomic E-state index is 14.4. The number of terminal acetylenes is 1. The van der Waals surface area contributed by atoms with E-state index in [1.54, 1.807) is 0 Å². The minimum Gasteiger partial charge on any atom is -0.383 e. The van der Waals surface area contributed by atoms with Crippen molar-refractivity contribution in [2.45, 2.75) is 30.0 Å². The Balaban J connectivity index is 1.57. The van der Waals surface area contributed by atoms with Crippen LogP contribution in [0, 0.1) is 18.2 Å². The number of hydrogen-bond donors (Lipinski definition) is 6. The van der Waals surface area contributed by atoms with Gasteiger partial charge in [-0.15, -0.1) is 6.42 Å². The van der Waals surface area contributed by atoms with Gasteiger partial charge in [0.2, 0.25) is 5.28 Å². The fraction of sp³-hybridized carbons (Fsp3) is 0.385. The van der Waals surface area contributed by atoms with Gasteiger partial charge in [-0.1, -0.05) is 5.92 Å². The Bertz CT molecular complexity index is 1390. The van der Waals surface area contributed by atoms with Crippen LogP contribution in [0.5, 0.6) is 0 Å². The highest BCUT2D eigenvalue weighted by molar-refractivity contribution is 7.66. The number of phosphoric acid groups is 3. The van der Waals surface area contributed by atoms with Crippen molar-refractivity contribution in [3.05, 3.63) is 17.3 Å². The van der Waals surface area contributed by atoms with E-state index >= 15 is 0 Å². The maximum absolute atomic E-state index is 14.4. The van der Waals surface area contributed by atoms with E-state index in [4.69, 9.17) is 38.3 Å². The lowest BCUT2D eigenvalue weighted by Crippen LogP contribution is -2.22. The highest BCUT2D eigenvalue weighted by Crippen LogP contribution is 2.72. The molecule has 1 aliphatic heterocycles. The van der Waals surface area contributed by atoms with Crippen LogP contribution >= 0.6 is 35.1 Å². The molecule has 0 spiro atoms. The van der Waals surface area contributed by atoms with E-state index in [1.807, 2.05) is 5.92 Å². The molecule has 0 bridgehead atoms. The number of nitrogens with zero attached hydrogens (tertiary/aromatic N) is 3. The van der Waals surface area contributed by atoms with E-state index in [0.29, 0.717) is 0 Å². The first-order chi connectivity index (χ1) is 15.4. The molecule has 4 rings (SSSR count). The van der Waals surface area contributed by atoms with Crippen LogP contribution in [0.4, 0.5) is 10.2 Å². The zero-order valence-electron chi connectivity index (χ0n) is 16.1. The second kappa shape index (κ2) is 7.76. The number of nitrogen functional groups attached to an aromatic ring is 1. The van der Waals surface area contributed by atoms with E-state index in [9.17, 15) is 33.0 Å². The molecule has 16 nitrogen and oxygen atoms in total. The Hall–Kier alpha value is -1.47. The first-order valence-corrected chi connectivity index (χ1v) is 13.5. The molecule has 34 heavy (non-hydrogen) atoms. The number of fused-ring (bicyclic) bond motifs is 2. The summed E-state index contributed by atoms with van der Waals surface area (Å²) in [6.07, 6.45) is 2.84. The lowest BCUT2D eigenvalue weighted by atomic mass is 10.2. The third kappa shape index (κ3) is 4.21. The SMILES string of the molecule is C#C[C@]12O[C@@H](n3cc(F)c4c(N)nc(Cl)nc43)C[C@@]1(O)C2OP(=O)(O)OP(=O)(O)OP(=O)(O)O. The Morgan fingerprint density at radius 1 is 1.26 bits per heavy atom. The standard InChI is InChI=1S/C13H13ClFN4O12P3/c1-2-13-10(29-33(24,25)31-34(26,27)30-32(21,22)23)12(13,20)3-6(28-13)19-4-5(15)7-8(16)17-11(14)18-9(7)19/h1,4,6,10,20H,3H2,(H,24,25)(H,26,27)(H2,16,17,18)(H2,21,22,23)/t6-,10?,12-,13-/m1/s1. The van der Waals surface area contributed by atoms with Crippen molar-refractivity contribution < 1.29 is 60.6 Å². The van der Waals surface area contributed by atoms with Crippen molar-refractivity contribution in [1.29, 1.82) is 0 Å². The summed E-state index contributed by atoms with van der Waals surface area (Å²) < 4.78 is 67.3. The molecular formula is C13H13ClFN4O12P3. The quantitative estimate of drug-likeness (QED) is 0.153. The molecule has 2 fully saturated rings. The van der Waals surface area contributed by atoms with Crippen molar-refractivity contribution in [2.24, 2.45) is 0 Å². The van der Waals surface area contributed by atoms with Crippen molar-refractivity contribution >= 4 is 51.9 Å². The van der Waals surface area contributed by atoms with Crippen LogP contribution in [-0.4, -0.2) is 56.5 Å². The molecule has 186 valence electrons. The second-order valence-corrected chi connectivity index (χ2v) is 11.8. The topological polar surface area (TPSA) is 246 Å². The smallest absolute Gasteiger partial charge is 0.383 e. The van der Waals surface area contributed by atoms with Gasteiger partial charge < -0.3 is 39.7 Å². The third-order valence-corrected chi connectivity index (χ3v) is 8.95. The largest absolute Gasteiger partial charge is 0.490 e. The number of ether oxygens (including phenoxy) is 1. The zero-order valence-corrected chi connectivity index (χ0v) is 19.6. The third-order valence-electron chi connectivity index (χ3n) is 4.98. The van der Waals surface area contributed by atoms with Gasteiger partial charge in [-0.3, -0.25) is 4.52 Å². The predicted molar refractivity (Wildman–Crippen MR) is 107 cm³/mol. The van der Waals surface area contributed by atoms with Crippen LogP contribution < -0.4 is 5.73 Å². The van der Waals surface area contributed by atoms with Crippen molar-refractivity contribution in [2.75, 3.05) is 5.73 Å². The number of anilines is 1. The Morgan fingerprint density at radius 3 is 2.47 bits per heavy atom. The average Bonchev–Trinajstić information content (AvgIpc) is 2.91. The fourth-order valence-electron chi connectivity index (χ4n) is 3.71. The molecule has 7 N–H and O–H groups in total. The second-order valence-electron chi connectivity index (χ2n) is 7.12. The summed E-state index contributed by atoms with van der Waals surface area (Å²) in [5.41, 5.74) is 1.25. The molecule has 3 heterocycles. The summed E-state index contributed by atoms with van der Waals surface area (Å²) >= 11 is 5.76. The summed E-state index contributed by atoms with van der Waals surface area (Å²) in [7, 11) is -17.0. The number of nitrogens with two attached hydrogens (primary N) is 1. The molecule has 0 radical (unpaired) electrons. The number of phosphoric ester groups is 1. The van der Waals surface area contributed by atoms with Gasteiger partial charge in [0, 0.05) is 12.6 Å². The predicted octanol–water partition coefficient (Wildman–Crippen LogP) is 0.553. The minimum atomic E-state index is -5.80. The van der Waals surface area contributed by atoms with Gasteiger partial charge >= 0.3 is 23.5 Å². The number of aromatic nitrogens is 3. The lowest BCUT2D eigenvalue weighted by Gasteiger charge is -2.21. The van der Waals surface area contributed by atoms with Crippen LogP contribution in [0.15, 0.2) is 6.20 Å². The molecule has 0 aromatic carbocycles. The minimum absolute atomic E-state index is 0.110. The molecule has 3 unspecified atom stereocenters. The molecule has 1 saturated carbocycles. The van der Waals surface area contributed by atoms with Gasteiger partial charge in [0.1, 0.15) is 23.8 Å². The lowest BCUT2D eigenvalue weighted by molar-refractivity contribution is -0.0372. The summed E-state index contributed by atoms with van der Waals surface area (Å²) in [4.78, 5) is 43.6. The number of rotatable bonds is 7. The van der Waals surface area contributed by atoms with Crippen LogP contribution in [0.3, 0.4) is 0 Å². The van der Waals surface area contributed by atoms with Gasteiger partial charge in [0.15, 0.2) is 17.1 Å². The van der Waals surface area contributed by atoms with E-state index in [1.165, 1.54) is 0 Å². The Morgan fingerprint density at radius 2 is 1.91 bits per heavy atom. The number of aliphatic hydroxyl groups is 1. The summed E-state index contributed by atoms with van der Waals surface area (Å²) in [5, 5.41) is 10.4. The summed E-state index contributed by atoms with van der Waals surface area (Å²) in [5.74, 6) is 0.923. The van der Waals surface area contributed by atoms with Crippen molar-refractivity contribution in [3.63, 3.8) is 0 Å². The van der Waals surface area contributed by atoms with Crippen LogP contribution in [0.1, 0.15) is 12.6 Å². The van der Waals surface area contributed by atoms with Crippen LogP contribution in [0.2, 0.25) is 5.28 Å². The van der Waals surface area contributed by atoms with E-state index < -0.39 is 59.2 Å². The van der Waals surface area contributed by atoms with Crippen molar-refractivity contribution in [1.82, 2.24) is 14.5 Å². The molecule has 2 aromatic heterocycles. The molecule has 1 saturated heterocycles. The van der Waals surface area contributed by atoms with Gasteiger partial charge in [0.05, 0.1) is 5.39 Å². The first kappa shape index (κ1) is 25.6. The Kier molecular flexibility index (Phi) is 5.85. The number of halogens is 2. The average molecular weight is 565 g/mol. The molecule has 21 heteroatoms.